The minimum absolute atomic E-state index is 0.0400. The van der Waals surface area contributed by atoms with E-state index < -0.39 is 22.4 Å². The van der Waals surface area contributed by atoms with E-state index in [1.807, 2.05) is 0 Å². The average molecular weight is 410 g/mol. The summed E-state index contributed by atoms with van der Waals surface area (Å²) in [7, 11) is 0. The summed E-state index contributed by atoms with van der Waals surface area (Å²) >= 11 is 0. The molecule has 3 rings (SSSR count). The molecule has 0 bridgehead atoms. The summed E-state index contributed by atoms with van der Waals surface area (Å²) in [6.07, 6.45) is 1.21. The van der Waals surface area contributed by atoms with Crippen molar-refractivity contribution < 1.29 is 23.8 Å². The van der Waals surface area contributed by atoms with Crippen molar-refractivity contribution in [1.29, 1.82) is 0 Å². The summed E-state index contributed by atoms with van der Waals surface area (Å²) in [4.78, 5) is 32.7. The number of hydrogen-bond donors (Lipinski definition) is 1. The van der Waals surface area contributed by atoms with Crippen LogP contribution in [0, 0.1) is 20.2 Å². The second-order valence-electron chi connectivity index (χ2n) is 5.78. The van der Waals surface area contributed by atoms with Gasteiger partial charge < -0.3 is 9.15 Å². The van der Waals surface area contributed by atoms with Crippen molar-refractivity contribution in [2.45, 2.75) is 0 Å². The van der Waals surface area contributed by atoms with E-state index in [0.717, 1.165) is 0 Å². The van der Waals surface area contributed by atoms with E-state index in [0.29, 0.717) is 5.56 Å². The lowest BCUT2D eigenvalue weighted by atomic mass is 10.1. The van der Waals surface area contributed by atoms with Gasteiger partial charge in [0.15, 0.2) is 12.4 Å². The number of ether oxygens (including phenoxy) is 1. The van der Waals surface area contributed by atoms with Crippen LogP contribution in [0.5, 0.6) is 5.75 Å². The smallest absolute Gasteiger partial charge is 0.310 e. The number of para-hydroxylation sites is 3. The second kappa shape index (κ2) is 9.10. The molecule has 2 aromatic carbocycles. The summed E-state index contributed by atoms with van der Waals surface area (Å²) < 4.78 is 10.6. The van der Waals surface area contributed by atoms with E-state index in [2.05, 4.69) is 10.5 Å². The number of carbonyl (C=O) groups is 1. The number of hydrazone groups is 1. The molecule has 30 heavy (non-hydrogen) atoms. The van der Waals surface area contributed by atoms with Crippen LogP contribution < -0.4 is 10.2 Å². The van der Waals surface area contributed by atoms with E-state index in [1.54, 1.807) is 30.3 Å². The molecule has 3 aromatic rings. The summed E-state index contributed by atoms with van der Waals surface area (Å²) in [5.74, 6) is -0.158. The SMILES string of the molecule is O=C(COc1ccccc1[N+](=O)[O-])N/N=C/c1ccc(-c2ccccc2[N+](=O)[O-])o1. The van der Waals surface area contributed by atoms with Gasteiger partial charge in [0, 0.05) is 12.1 Å². The van der Waals surface area contributed by atoms with Gasteiger partial charge in [0.2, 0.25) is 0 Å². The van der Waals surface area contributed by atoms with E-state index in [9.17, 15) is 25.0 Å². The van der Waals surface area contributed by atoms with Crippen LogP contribution >= 0.6 is 0 Å². The quantitative estimate of drug-likeness (QED) is 0.340. The topological polar surface area (TPSA) is 150 Å². The zero-order chi connectivity index (χ0) is 21.5. The third-order valence-electron chi connectivity index (χ3n) is 3.79. The normalized spacial score (nSPS) is 10.7. The highest BCUT2D eigenvalue weighted by molar-refractivity contribution is 5.82. The largest absolute Gasteiger partial charge is 0.477 e. The molecule has 11 heteroatoms. The predicted octanol–water partition coefficient (Wildman–Crippen LogP) is 3.29. The van der Waals surface area contributed by atoms with Crippen LogP contribution in [0.2, 0.25) is 0 Å². The third-order valence-corrected chi connectivity index (χ3v) is 3.79. The highest BCUT2D eigenvalue weighted by Gasteiger charge is 2.17. The number of hydrogen-bond acceptors (Lipinski definition) is 8. The maximum Gasteiger partial charge on any atom is 0.310 e. The molecule has 0 fully saturated rings. The molecule has 0 aliphatic rings. The van der Waals surface area contributed by atoms with Crippen LogP contribution in [0.25, 0.3) is 11.3 Å². The van der Waals surface area contributed by atoms with Gasteiger partial charge >= 0.3 is 5.69 Å². The molecule has 1 heterocycles. The lowest BCUT2D eigenvalue weighted by Gasteiger charge is -2.05. The maximum absolute atomic E-state index is 11.8. The molecule has 1 aromatic heterocycles. The number of benzene rings is 2. The third kappa shape index (κ3) is 4.84. The lowest BCUT2D eigenvalue weighted by Crippen LogP contribution is -2.24. The van der Waals surface area contributed by atoms with Gasteiger partial charge in [-0.25, -0.2) is 5.43 Å². The van der Waals surface area contributed by atoms with Crippen LogP contribution in [0.1, 0.15) is 5.76 Å². The van der Waals surface area contributed by atoms with Crippen LogP contribution in [0.4, 0.5) is 11.4 Å². The summed E-state index contributed by atoms with van der Waals surface area (Å²) in [6.45, 7) is -0.484. The molecule has 0 saturated heterocycles. The van der Waals surface area contributed by atoms with Gasteiger partial charge in [-0.2, -0.15) is 5.10 Å². The zero-order valence-corrected chi connectivity index (χ0v) is 15.3. The Kier molecular flexibility index (Phi) is 6.13. The van der Waals surface area contributed by atoms with E-state index in [-0.39, 0.29) is 28.6 Å². The number of nitro benzene ring substituents is 2. The van der Waals surface area contributed by atoms with Crippen molar-refractivity contribution in [3.05, 3.63) is 86.7 Å². The van der Waals surface area contributed by atoms with Crippen molar-refractivity contribution in [2.75, 3.05) is 6.61 Å². The Morgan fingerprint density at radius 1 is 1.00 bits per heavy atom. The van der Waals surface area contributed by atoms with Gasteiger partial charge in [-0.1, -0.05) is 24.3 Å². The molecule has 0 unspecified atom stereocenters. The van der Waals surface area contributed by atoms with Gasteiger partial charge in [-0.15, -0.1) is 0 Å². The predicted molar refractivity (Wildman–Crippen MR) is 105 cm³/mol. The zero-order valence-electron chi connectivity index (χ0n) is 15.3. The minimum atomic E-state index is -0.644. The number of nitrogens with zero attached hydrogens (tertiary/aromatic N) is 3. The van der Waals surface area contributed by atoms with Gasteiger partial charge in [-0.05, 0) is 24.3 Å². The summed E-state index contributed by atoms with van der Waals surface area (Å²) in [5, 5.41) is 25.7. The Morgan fingerprint density at radius 2 is 1.67 bits per heavy atom. The van der Waals surface area contributed by atoms with Gasteiger partial charge in [0.1, 0.15) is 11.5 Å². The first-order chi connectivity index (χ1) is 14.5. The van der Waals surface area contributed by atoms with Crippen molar-refractivity contribution in [3.8, 4) is 17.1 Å². The number of nitrogens with one attached hydrogen (secondary N) is 1. The molecule has 0 aliphatic heterocycles. The number of furan rings is 1. The first-order valence-electron chi connectivity index (χ1n) is 8.47. The molecule has 0 atom stereocenters. The molecule has 0 radical (unpaired) electrons. The minimum Gasteiger partial charge on any atom is -0.477 e. The van der Waals surface area contributed by atoms with E-state index >= 15 is 0 Å². The number of carbonyl (C=O) groups excluding carboxylic acids is 1. The van der Waals surface area contributed by atoms with Gasteiger partial charge in [0.25, 0.3) is 11.6 Å². The average Bonchev–Trinajstić information content (AvgIpc) is 3.21. The van der Waals surface area contributed by atoms with Crippen molar-refractivity contribution in [3.63, 3.8) is 0 Å². The van der Waals surface area contributed by atoms with Gasteiger partial charge in [0.05, 0.1) is 21.6 Å². The van der Waals surface area contributed by atoms with E-state index in [4.69, 9.17) is 9.15 Å². The number of nitro groups is 2. The van der Waals surface area contributed by atoms with Crippen molar-refractivity contribution in [2.24, 2.45) is 5.10 Å². The fraction of sp³-hybridized carbons (Fsp3) is 0.0526. The van der Waals surface area contributed by atoms with Crippen molar-refractivity contribution in [1.82, 2.24) is 5.43 Å². The van der Waals surface area contributed by atoms with E-state index in [1.165, 1.54) is 36.5 Å². The van der Waals surface area contributed by atoms with Gasteiger partial charge in [-0.3, -0.25) is 25.0 Å². The Bertz CT molecular complexity index is 1120. The maximum atomic E-state index is 11.8. The Balaban J connectivity index is 1.59. The number of rotatable bonds is 8. The molecular weight excluding hydrogens is 396 g/mol. The Labute approximate surface area is 168 Å². The first-order valence-corrected chi connectivity index (χ1v) is 8.47. The molecule has 0 aliphatic carbocycles. The van der Waals surface area contributed by atoms with Crippen LogP contribution in [-0.4, -0.2) is 28.6 Å². The first kappa shape index (κ1) is 20.2. The summed E-state index contributed by atoms with van der Waals surface area (Å²) in [6, 6.07) is 14.9. The molecule has 1 N–H and O–H groups in total. The standard InChI is InChI=1S/C19H14N4O7/c24-19(12-29-18-8-4-3-7-16(18)23(27)28)21-20-11-13-9-10-17(30-13)14-5-1-2-6-15(14)22(25)26/h1-11H,12H2,(H,21,24)/b20-11+. The second-order valence-corrected chi connectivity index (χ2v) is 5.78. The van der Waals surface area contributed by atoms with Crippen LogP contribution in [0.15, 0.2) is 70.2 Å². The molecule has 11 nitrogen and oxygen atoms in total. The summed E-state index contributed by atoms with van der Waals surface area (Å²) in [5.41, 5.74) is 2.15. The monoisotopic (exact) mass is 410 g/mol. The highest BCUT2D eigenvalue weighted by Crippen LogP contribution is 2.30. The molecule has 152 valence electrons. The number of amides is 1. The Morgan fingerprint density at radius 3 is 2.40 bits per heavy atom. The molecular formula is C19H14N4O7. The molecule has 1 amide bonds. The molecule has 0 saturated carbocycles. The fourth-order valence-corrected chi connectivity index (χ4v) is 2.48. The lowest BCUT2D eigenvalue weighted by molar-refractivity contribution is -0.385. The fourth-order valence-electron chi connectivity index (χ4n) is 2.48. The molecule has 0 spiro atoms. The Hall–Kier alpha value is -4.54. The van der Waals surface area contributed by atoms with Crippen molar-refractivity contribution >= 4 is 23.5 Å². The van der Waals surface area contributed by atoms with Crippen LogP contribution in [-0.2, 0) is 4.79 Å². The highest BCUT2D eigenvalue weighted by atomic mass is 16.6. The van der Waals surface area contributed by atoms with Crippen LogP contribution in [0.3, 0.4) is 0 Å².